The zero-order valence-electron chi connectivity index (χ0n) is 16.4. The molecule has 0 atom stereocenters. The molecular formula is C21H21N3O4S. The van der Waals surface area contributed by atoms with Crippen LogP contribution in [0.1, 0.15) is 45.1 Å². The van der Waals surface area contributed by atoms with E-state index in [1.807, 2.05) is 19.9 Å². The summed E-state index contributed by atoms with van der Waals surface area (Å²) >= 11 is 1.28. The molecule has 0 fully saturated rings. The second kappa shape index (κ2) is 8.83. The number of thiophene rings is 1. The van der Waals surface area contributed by atoms with Gasteiger partial charge in [-0.1, -0.05) is 13.8 Å². The highest BCUT2D eigenvalue weighted by Gasteiger charge is 2.17. The molecule has 0 aliphatic rings. The van der Waals surface area contributed by atoms with Crippen LogP contribution >= 0.6 is 11.3 Å². The number of carboxylic acid groups (broad SMARTS) is 1. The van der Waals surface area contributed by atoms with E-state index in [-0.39, 0.29) is 11.5 Å². The number of rotatable bonds is 7. The molecule has 8 heteroatoms. The third-order valence-electron chi connectivity index (χ3n) is 4.39. The highest BCUT2D eigenvalue weighted by Crippen LogP contribution is 2.30. The Bertz CT molecular complexity index is 1040. The van der Waals surface area contributed by atoms with Gasteiger partial charge in [0, 0.05) is 16.9 Å². The van der Waals surface area contributed by atoms with Crippen molar-refractivity contribution in [3.05, 3.63) is 58.1 Å². The number of hydrogen-bond acceptors (Lipinski definition) is 7. The first-order chi connectivity index (χ1) is 14.0. The number of ether oxygens (including phenoxy) is 1. The minimum Gasteiger partial charge on any atom is -0.478 e. The number of nitrogens with one attached hydrogen (secondary N) is 1. The van der Waals surface area contributed by atoms with Crippen LogP contribution in [-0.2, 0) is 17.6 Å². The van der Waals surface area contributed by atoms with Crippen LogP contribution in [-0.4, -0.2) is 34.1 Å². The van der Waals surface area contributed by atoms with Gasteiger partial charge >= 0.3 is 11.9 Å². The number of methoxy groups -OCH3 is 1. The predicted molar refractivity (Wildman–Crippen MR) is 112 cm³/mol. The Morgan fingerprint density at radius 2 is 1.79 bits per heavy atom. The van der Waals surface area contributed by atoms with E-state index < -0.39 is 5.97 Å². The van der Waals surface area contributed by atoms with E-state index >= 15 is 0 Å². The summed E-state index contributed by atoms with van der Waals surface area (Å²) < 4.78 is 4.77. The molecule has 0 unspecified atom stereocenters. The van der Waals surface area contributed by atoms with Crippen molar-refractivity contribution in [3.8, 4) is 10.7 Å². The molecule has 1 aromatic carbocycles. The summed E-state index contributed by atoms with van der Waals surface area (Å²) in [7, 11) is 1.35. The highest BCUT2D eigenvalue weighted by molar-refractivity contribution is 7.17. The third kappa shape index (κ3) is 4.43. The summed E-state index contributed by atoms with van der Waals surface area (Å²) in [6.07, 6.45) is 1.48. The smallest absolute Gasteiger partial charge is 0.348 e. The number of carbonyl (C=O) groups is 2. The van der Waals surface area contributed by atoms with Crippen molar-refractivity contribution in [2.75, 3.05) is 12.4 Å². The first-order valence-electron chi connectivity index (χ1n) is 9.15. The second-order valence-electron chi connectivity index (χ2n) is 6.19. The Labute approximate surface area is 172 Å². The summed E-state index contributed by atoms with van der Waals surface area (Å²) in [6, 6.07) is 10.0. The van der Waals surface area contributed by atoms with Crippen molar-refractivity contribution >= 4 is 34.8 Å². The van der Waals surface area contributed by atoms with Crippen LogP contribution in [0.4, 0.5) is 11.5 Å². The Balaban J connectivity index is 2.01. The molecule has 3 aromatic rings. The molecule has 0 aliphatic carbocycles. The van der Waals surface area contributed by atoms with Crippen molar-refractivity contribution in [2.24, 2.45) is 0 Å². The van der Waals surface area contributed by atoms with Crippen LogP contribution in [0, 0.1) is 0 Å². The molecule has 29 heavy (non-hydrogen) atoms. The largest absolute Gasteiger partial charge is 0.478 e. The van der Waals surface area contributed by atoms with Crippen molar-refractivity contribution in [2.45, 2.75) is 26.7 Å². The maximum Gasteiger partial charge on any atom is 0.348 e. The summed E-state index contributed by atoms with van der Waals surface area (Å²) in [5, 5.41) is 12.3. The number of nitrogens with zero attached hydrogens (tertiary/aromatic N) is 2. The fourth-order valence-corrected chi connectivity index (χ4v) is 3.77. The Morgan fingerprint density at radius 3 is 2.38 bits per heavy atom. The Morgan fingerprint density at radius 1 is 1.07 bits per heavy atom. The number of aryl methyl sites for hydroxylation is 1. The number of benzene rings is 1. The quantitative estimate of drug-likeness (QED) is 0.550. The molecule has 0 spiro atoms. The molecule has 2 heterocycles. The number of aromatic nitrogens is 2. The number of anilines is 2. The van der Waals surface area contributed by atoms with Gasteiger partial charge in [-0.3, -0.25) is 0 Å². The molecule has 0 saturated heterocycles. The summed E-state index contributed by atoms with van der Waals surface area (Å²) in [5.41, 5.74) is 2.88. The van der Waals surface area contributed by atoms with Crippen LogP contribution in [0.2, 0.25) is 0 Å². The van der Waals surface area contributed by atoms with E-state index in [1.54, 1.807) is 30.3 Å². The second-order valence-corrected chi connectivity index (χ2v) is 7.27. The fraction of sp³-hybridized carbons (Fsp3) is 0.238. The fourth-order valence-electron chi connectivity index (χ4n) is 2.91. The van der Waals surface area contributed by atoms with Crippen molar-refractivity contribution in [1.82, 2.24) is 9.97 Å². The van der Waals surface area contributed by atoms with E-state index in [1.165, 1.54) is 18.4 Å². The molecule has 0 amide bonds. The maximum atomic E-state index is 11.8. The minimum atomic E-state index is -0.970. The maximum absolute atomic E-state index is 11.8. The molecule has 0 radical (unpaired) electrons. The minimum absolute atomic E-state index is 0.220. The van der Waals surface area contributed by atoms with Gasteiger partial charge in [-0.2, -0.15) is 0 Å². The average molecular weight is 411 g/mol. The molecule has 2 N–H and O–H groups in total. The predicted octanol–water partition coefficient (Wildman–Crippen LogP) is 4.56. The van der Waals surface area contributed by atoms with Gasteiger partial charge in [0.25, 0.3) is 0 Å². The van der Waals surface area contributed by atoms with E-state index in [2.05, 4.69) is 5.32 Å². The lowest BCUT2D eigenvalue weighted by Crippen LogP contribution is -2.07. The van der Waals surface area contributed by atoms with Crippen LogP contribution in [0.5, 0.6) is 0 Å². The first-order valence-corrected chi connectivity index (χ1v) is 9.97. The zero-order chi connectivity index (χ0) is 21.0. The number of carboxylic acids is 1. The van der Waals surface area contributed by atoms with Crippen molar-refractivity contribution in [3.63, 3.8) is 0 Å². The molecule has 3 rings (SSSR count). The molecule has 0 bridgehead atoms. The lowest BCUT2D eigenvalue weighted by Gasteiger charge is -2.15. The molecule has 2 aromatic heterocycles. The average Bonchev–Trinajstić information content (AvgIpc) is 3.23. The first kappa shape index (κ1) is 20.5. The molecule has 0 saturated carbocycles. The van der Waals surface area contributed by atoms with Gasteiger partial charge in [0.15, 0.2) is 5.82 Å². The van der Waals surface area contributed by atoms with Gasteiger partial charge in [-0.25, -0.2) is 19.6 Å². The number of esters is 1. The van der Waals surface area contributed by atoms with E-state index in [0.29, 0.717) is 16.5 Å². The summed E-state index contributed by atoms with van der Waals surface area (Å²) in [4.78, 5) is 33.5. The van der Waals surface area contributed by atoms with Gasteiger partial charge in [-0.15, -0.1) is 11.3 Å². The lowest BCUT2D eigenvalue weighted by atomic mass is 10.1. The zero-order valence-corrected chi connectivity index (χ0v) is 17.2. The molecule has 150 valence electrons. The molecule has 7 nitrogen and oxygen atoms in total. The van der Waals surface area contributed by atoms with Gasteiger partial charge in [0.1, 0.15) is 10.7 Å². The van der Waals surface area contributed by atoms with Crippen LogP contribution < -0.4 is 5.32 Å². The summed E-state index contributed by atoms with van der Waals surface area (Å²) in [6.45, 7) is 4.07. The van der Waals surface area contributed by atoms with Crippen molar-refractivity contribution < 1.29 is 19.4 Å². The van der Waals surface area contributed by atoms with Crippen molar-refractivity contribution in [1.29, 1.82) is 0 Å². The Kier molecular flexibility index (Phi) is 6.23. The van der Waals surface area contributed by atoms with Gasteiger partial charge in [0.05, 0.1) is 17.6 Å². The number of carbonyl (C=O) groups excluding carboxylic acids is 1. The van der Waals surface area contributed by atoms with Crippen LogP contribution in [0.25, 0.3) is 10.7 Å². The lowest BCUT2D eigenvalue weighted by molar-refractivity contribution is 0.0605. The summed E-state index contributed by atoms with van der Waals surface area (Å²) in [5.74, 6) is -0.157. The van der Waals surface area contributed by atoms with Gasteiger partial charge in [-0.05, 0) is 49.2 Å². The normalized spacial score (nSPS) is 10.6. The van der Waals surface area contributed by atoms with Gasteiger partial charge in [0.2, 0.25) is 0 Å². The monoisotopic (exact) mass is 411 g/mol. The third-order valence-corrected chi connectivity index (χ3v) is 5.45. The number of hydrogen-bond donors (Lipinski definition) is 2. The van der Waals surface area contributed by atoms with Gasteiger partial charge < -0.3 is 15.2 Å². The van der Waals surface area contributed by atoms with Crippen LogP contribution in [0.3, 0.4) is 0 Å². The van der Waals surface area contributed by atoms with Crippen LogP contribution in [0.15, 0.2) is 36.4 Å². The molecular weight excluding hydrogens is 390 g/mol. The Hall–Kier alpha value is -3.26. The topological polar surface area (TPSA) is 101 Å². The van der Waals surface area contributed by atoms with E-state index in [0.717, 1.165) is 34.7 Å². The SMILES string of the molecule is CCc1nc(-c2ccc(C(=O)OC)s2)nc(Nc2ccc(C(=O)O)cc2)c1CC. The molecule has 0 aliphatic heterocycles. The number of aromatic carboxylic acids is 1. The van der Waals surface area contributed by atoms with E-state index in [9.17, 15) is 9.59 Å². The standard InChI is InChI=1S/C21H21N3O4S/c1-4-14-15(5-2)23-19(16-10-11-17(29-16)21(27)28-3)24-18(14)22-13-8-6-12(7-9-13)20(25)26/h6-11H,4-5H2,1-3H3,(H,25,26)(H,22,23,24). The highest BCUT2D eigenvalue weighted by atomic mass is 32.1. The van der Waals surface area contributed by atoms with E-state index in [4.69, 9.17) is 19.8 Å².